The number of nitrogens with zero attached hydrogens (tertiary/aromatic N) is 1. The zero-order valence-corrected chi connectivity index (χ0v) is 17.0. The minimum Gasteiger partial charge on any atom is -0.497 e. The second-order valence-electron chi connectivity index (χ2n) is 6.64. The van der Waals surface area contributed by atoms with Crippen LogP contribution in [0.1, 0.15) is 18.1 Å². The highest BCUT2D eigenvalue weighted by atomic mass is 16.5. The first kappa shape index (κ1) is 20.9. The van der Waals surface area contributed by atoms with Gasteiger partial charge >= 0.3 is 0 Å². The zero-order chi connectivity index (χ0) is 21.2. The Morgan fingerprint density at radius 1 is 1.00 bits per heavy atom. The van der Waals surface area contributed by atoms with Crippen LogP contribution in [-0.2, 0) is 11.4 Å². The van der Waals surface area contributed by atoms with E-state index in [2.05, 4.69) is 15.8 Å². The molecule has 3 aromatic carbocycles. The first-order valence-electron chi connectivity index (χ1n) is 9.65. The van der Waals surface area contributed by atoms with Gasteiger partial charge in [-0.2, -0.15) is 5.10 Å². The van der Waals surface area contributed by atoms with Gasteiger partial charge in [0, 0.05) is 11.3 Å². The van der Waals surface area contributed by atoms with Crippen LogP contribution in [0.3, 0.4) is 0 Å². The highest BCUT2D eigenvalue weighted by Gasteiger charge is 2.11. The summed E-state index contributed by atoms with van der Waals surface area (Å²) in [6, 6.07) is 24.4. The third-order valence-electron chi connectivity index (χ3n) is 4.40. The van der Waals surface area contributed by atoms with Crippen molar-refractivity contribution in [1.29, 1.82) is 0 Å². The van der Waals surface area contributed by atoms with Crippen LogP contribution in [0.2, 0.25) is 0 Å². The molecule has 0 fully saturated rings. The quantitative estimate of drug-likeness (QED) is 0.414. The van der Waals surface area contributed by atoms with Crippen molar-refractivity contribution in [3.05, 3.63) is 90.0 Å². The minimum absolute atomic E-state index is 0.246. The lowest BCUT2D eigenvalue weighted by molar-refractivity contribution is -0.121. The predicted molar refractivity (Wildman–Crippen MR) is 119 cm³/mol. The van der Waals surface area contributed by atoms with Crippen LogP contribution in [0.15, 0.2) is 84.0 Å². The molecule has 0 aliphatic carbocycles. The molecule has 0 bridgehead atoms. The number of hydrogen-bond donors (Lipinski definition) is 2. The number of ether oxygens (including phenoxy) is 2. The monoisotopic (exact) mass is 403 g/mol. The van der Waals surface area contributed by atoms with Crippen molar-refractivity contribution in [2.24, 2.45) is 5.10 Å². The number of nitrogens with one attached hydrogen (secondary N) is 2. The van der Waals surface area contributed by atoms with E-state index in [1.165, 1.54) is 0 Å². The van der Waals surface area contributed by atoms with E-state index in [9.17, 15) is 4.79 Å². The largest absolute Gasteiger partial charge is 0.497 e. The fourth-order valence-electron chi connectivity index (χ4n) is 2.72. The van der Waals surface area contributed by atoms with E-state index in [1.54, 1.807) is 20.2 Å². The lowest BCUT2D eigenvalue weighted by atomic mass is 10.2. The average Bonchev–Trinajstić information content (AvgIpc) is 2.79. The van der Waals surface area contributed by atoms with Gasteiger partial charge in [-0.25, -0.2) is 5.43 Å². The fourth-order valence-corrected chi connectivity index (χ4v) is 2.72. The van der Waals surface area contributed by atoms with E-state index < -0.39 is 6.04 Å². The maximum absolute atomic E-state index is 12.3. The number of para-hydroxylation sites is 1. The zero-order valence-electron chi connectivity index (χ0n) is 17.0. The first-order valence-corrected chi connectivity index (χ1v) is 9.65. The molecule has 1 amide bonds. The van der Waals surface area contributed by atoms with Gasteiger partial charge in [-0.1, -0.05) is 42.5 Å². The molecular weight excluding hydrogens is 378 g/mol. The normalized spacial score (nSPS) is 11.7. The standard InChI is InChI=1S/C24H25N3O3/c1-18(26-21-12-14-22(29-2)15-13-21)24(28)27-25-16-20-10-6-7-11-23(20)30-17-19-8-4-3-5-9-19/h3-16,18,26H,17H2,1-2H3,(H,27,28). The molecule has 6 heteroatoms. The SMILES string of the molecule is COc1ccc(NC(C)C(=O)NN=Cc2ccccc2OCc2ccccc2)cc1. The third-order valence-corrected chi connectivity index (χ3v) is 4.40. The number of rotatable bonds is 9. The van der Waals surface area contributed by atoms with Gasteiger partial charge in [-0.15, -0.1) is 0 Å². The second-order valence-corrected chi connectivity index (χ2v) is 6.64. The molecule has 0 spiro atoms. The first-order chi connectivity index (χ1) is 14.7. The third kappa shape index (κ3) is 6.10. The van der Waals surface area contributed by atoms with Gasteiger partial charge in [0.25, 0.3) is 5.91 Å². The number of hydrazone groups is 1. The van der Waals surface area contributed by atoms with Crippen molar-refractivity contribution >= 4 is 17.8 Å². The molecule has 0 heterocycles. The van der Waals surface area contributed by atoms with Crippen LogP contribution in [0.5, 0.6) is 11.5 Å². The number of carbonyl (C=O) groups excluding carboxylic acids is 1. The molecule has 6 nitrogen and oxygen atoms in total. The molecule has 0 radical (unpaired) electrons. The van der Waals surface area contributed by atoms with Gasteiger partial charge in [0.15, 0.2) is 0 Å². The number of amides is 1. The predicted octanol–water partition coefficient (Wildman–Crippen LogP) is 4.22. The van der Waals surface area contributed by atoms with E-state index in [0.717, 1.165) is 22.6 Å². The topological polar surface area (TPSA) is 72.0 Å². The van der Waals surface area contributed by atoms with Crippen LogP contribution >= 0.6 is 0 Å². The van der Waals surface area contributed by atoms with Crippen LogP contribution in [0, 0.1) is 0 Å². The Morgan fingerprint density at radius 2 is 1.70 bits per heavy atom. The van der Waals surface area contributed by atoms with Crippen LogP contribution in [0.25, 0.3) is 0 Å². The summed E-state index contributed by atoms with van der Waals surface area (Å²) in [4.78, 5) is 12.3. The van der Waals surface area contributed by atoms with Crippen LogP contribution in [-0.4, -0.2) is 25.3 Å². The van der Waals surface area contributed by atoms with Gasteiger partial charge in [0.05, 0.1) is 13.3 Å². The summed E-state index contributed by atoms with van der Waals surface area (Å²) in [5.41, 5.74) is 5.25. The lowest BCUT2D eigenvalue weighted by Crippen LogP contribution is -2.34. The molecule has 0 aliphatic heterocycles. The van der Waals surface area contributed by atoms with Crippen LogP contribution in [0.4, 0.5) is 5.69 Å². The van der Waals surface area contributed by atoms with E-state index >= 15 is 0 Å². The molecule has 0 saturated carbocycles. The second kappa shape index (κ2) is 10.7. The number of carbonyl (C=O) groups is 1. The summed E-state index contributed by atoms with van der Waals surface area (Å²) >= 11 is 0. The van der Waals surface area contributed by atoms with Crippen molar-refractivity contribution in [3.8, 4) is 11.5 Å². The molecule has 154 valence electrons. The maximum atomic E-state index is 12.3. The summed E-state index contributed by atoms with van der Waals surface area (Å²) in [7, 11) is 1.61. The molecule has 0 saturated heterocycles. The molecular formula is C24H25N3O3. The van der Waals surface area contributed by atoms with E-state index in [-0.39, 0.29) is 5.91 Å². The summed E-state index contributed by atoms with van der Waals surface area (Å²) in [6.45, 7) is 2.23. The minimum atomic E-state index is -0.458. The van der Waals surface area contributed by atoms with E-state index in [4.69, 9.17) is 9.47 Å². The van der Waals surface area contributed by atoms with Gasteiger partial charge < -0.3 is 14.8 Å². The highest BCUT2D eigenvalue weighted by Crippen LogP contribution is 2.18. The molecule has 1 unspecified atom stereocenters. The molecule has 3 aromatic rings. The Labute approximate surface area is 176 Å². The van der Waals surface area contributed by atoms with Gasteiger partial charge in [-0.05, 0) is 48.9 Å². The molecule has 1 atom stereocenters. The Balaban J connectivity index is 1.54. The average molecular weight is 403 g/mol. The Hall–Kier alpha value is -3.80. The maximum Gasteiger partial charge on any atom is 0.262 e. The molecule has 30 heavy (non-hydrogen) atoms. The van der Waals surface area contributed by atoms with Crippen molar-refractivity contribution in [1.82, 2.24) is 5.43 Å². The van der Waals surface area contributed by atoms with Crippen molar-refractivity contribution in [3.63, 3.8) is 0 Å². The van der Waals surface area contributed by atoms with Crippen molar-refractivity contribution in [2.45, 2.75) is 19.6 Å². The molecule has 2 N–H and O–H groups in total. The summed E-state index contributed by atoms with van der Waals surface area (Å²) in [5.74, 6) is 1.21. The Morgan fingerprint density at radius 3 is 2.43 bits per heavy atom. The lowest BCUT2D eigenvalue weighted by Gasteiger charge is -2.14. The number of benzene rings is 3. The van der Waals surface area contributed by atoms with Crippen molar-refractivity contribution < 1.29 is 14.3 Å². The fraction of sp³-hybridized carbons (Fsp3) is 0.167. The molecule has 0 aromatic heterocycles. The summed E-state index contributed by atoms with van der Waals surface area (Å²) in [6.07, 6.45) is 1.58. The van der Waals surface area contributed by atoms with Gasteiger partial charge in [0.2, 0.25) is 0 Å². The van der Waals surface area contributed by atoms with E-state index in [0.29, 0.717) is 12.4 Å². The highest BCUT2D eigenvalue weighted by molar-refractivity contribution is 5.87. The summed E-state index contributed by atoms with van der Waals surface area (Å²) < 4.78 is 11.0. The van der Waals surface area contributed by atoms with Crippen LogP contribution < -0.4 is 20.2 Å². The van der Waals surface area contributed by atoms with Crippen molar-refractivity contribution in [2.75, 3.05) is 12.4 Å². The Bertz CT molecular complexity index is 973. The number of anilines is 1. The summed E-state index contributed by atoms with van der Waals surface area (Å²) in [5, 5.41) is 7.21. The molecule has 0 aliphatic rings. The number of methoxy groups -OCH3 is 1. The Kier molecular flexibility index (Phi) is 7.44. The van der Waals surface area contributed by atoms with E-state index in [1.807, 2.05) is 78.9 Å². The molecule has 3 rings (SSSR count). The smallest absolute Gasteiger partial charge is 0.262 e. The number of hydrogen-bond acceptors (Lipinski definition) is 5. The van der Waals surface area contributed by atoms with Gasteiger partial charge in [0.1, 0.15) is 24.1 Å². The van der Waals surface area contributed by atoms with Gasteiger partial charge in [-0.3, -0.25) is 4.79 Å².